The topological polar surface area (TPSA) is 49.3 Å². The Hall–Kier alpha value is -2.36. The number of benzene rings is 2. The molecule has 0 aliphatic rings. The molecule has 4 heteroatoms. The molecular weight excluding hydrogens is 257 g/mol. The Balaban J connectivity index is 1.94. The second kappa shape index (κ2) is 6.19. The SMILES string of the molecule is Cc1cc(O)ccc1C(=O)NCCc1ccccc1F. The Morgan fingerprint density at radius 3 is 2.70 bits per heavy atom. The smallest absolute Gasteiger partial charge is 0.251 e. The molecule has 0 saturated carbocycles. The maximum absolute atomic E-state index is 13.4. The maximum atomic E-state index is 13.4. The van der Waals surface area contributed by atoms with E-state index in [0.29, 0.717) is 29.7 Å². The molecule has 0 fully saturated rings. The summed E-state index contributed by atoms with van der Waals surface area (Å²) >= 11 is 0. The first-order valence-corrected chi connectivity index (χ1v) is 6.39. The third kappa shape index (κ3) is 3.35. The highest BCUT2D eigenvalue weighted by Crippen LogP contribution is 2.15. The minimum atomic E-state index is -0.262. The van der Waals surface area contributed by atoms with Gasteiger partial charge in [0.1, 0.15) is 11.6 Å². The van der Waals surface area contributed by atoms with Gasteiger partial charge in [-0.2, -0.15) is 0 Å². The third-order valence-electron chi connectivity index (χ3n) is 3.09. The fraction of sp³-hybridized carbons (Fsp3) is 0.188. The van der Waals surface area contributed by atoms with Crippen molar-refractivity contribution < 1.29 is 14.3 Å². The number of phenolic OH excluding ortho intramolecular Hbond substituents is 1. The van der Waals surface area contributed by atoms with Crippen LogP contribution in [0.2, 0.25) is 0 Å². The van der Waals surface area contributed by atoms with Gasteiger partial charge in [0.25, 0.3) is 5.91 Å². The van der Waals surface area contributed by atoms with Crippen molar-refractivity contribution in [2.24, 2.45) is 0 Å². The summed E-state index contributed by atoms with van der Waals surface area (Å²) in [6, 6.07) is 11.1. The molecule has 104 valence electrons. The molecule has 0 spiro atoms. The zero-order chi connectivity index (χ0) is 14.5. The molecule has 0 heterocycles. The Morgan fingerprint density at radius 1 is 1.25 bits per heavy atom. The van der Waals surface area contributed by atoms with Gasteiger partial charge in [0.15, 0.2) is 0 Å². The summed E-state index contributed by atoms with van der Waals surface area (Å²) in [5.74, 6) is -0.355. The van der Waals surface area contributed by atoms with Crippen molar-refractivity contribution in [2.75, 3.05) is 6.54 Å². The first kappa shape index (κ1) is 14.1. The molecule has 20 heavy (non-hydrogen) atoms. The molecule has 2 rings (SSSR count). The first-order valence-electron chi connectivity index (χ1n) is 6.39. The number of nitrogens with one attached hydrogen (secondary N) is 1. The lowest BCUT2D eigenvalue weighted by Crippen LogP contribution is -2.26. The molecule has 0 atom stereocenters. The van der Waals surface area contributed by atoms with Crippen LogP contribution in [0.25, 0.3) is 0 Å². The van der Waals surface area contributed by atoms with Crippen LogP contribution < -0.4 is 5.32 Å². The second-order valence-corrected chi connectivity index (χ2v) is 4.60. The van der Waals surface area contributed by atoms with Crippen molar-refractivity contribution in [3.63, 3.8) is 0 Å². The van der Waals surface area contributed by atoms with Crippen LogP contribution in [0.5, 0.6) is 5.75 Å². The van der Waals surface area contributed by atoms with Gasteiger partial charge in [0.2, 0.25) is 0 Å². The molecule has 1 amide bonds. The monoisotopic (exact) mass is 273 g/mol. The van der Waals surface area contributed by atoms with Crippen LogP contribution in [0.4, 0.5) is 4.39 Å². The van der Waals surface area contributed by atoms with E-state index >= 15 is 0 Å². The summed E-state index contributed by atoms with van der Waals surface area (Å²) in [6.45, 7) is 2.12. The average Bonchev–Trinajstić information content (AvgIpc) is 2.40. The average molecular weight is 273 g/mol. The molecule has 0 aromatic heterocycles. The Labute approximate surface area is 117 Å². The number of rotatable bonds is 4. The van der Waals surface area contributed by atoms with E-state index in [0.717, 1.165) is 0 Å². The number of halogens is 1. The van der Waals surface area contributed by atoms with Gasteiger partial charge in [-0.3, -0.25) is 4.79 Å². The number of amides is 1. The summed E-state index contributed by atoms with van der Waals surface area (Å²) in [5, 5.41) is 12.0. The summed E-state index contributed by atoms with van der Waals surface area (Å²) < 4.78 is 13.4. The van der Waals surface area contributed by atoms with Crippen LogP contribution in [0, 0.1) is 12.7 Å². The highest BCUT2D eigenvalue weighted by molar-refractivity contribution is 5.95. The molecule has 0 aliphatic heterocycles. The maximum Gasteiger partial charge on any atom is 0.251 e. The van der Waals surface area contributed by atoms with E-state index < -0.39 is 0 Å². The van der Waals surface area contributed by atoms with Gasteiger partial charge in [0.05, 0.1) is 0 Å². The standard InChI is InChI=1S/C16H16FNO2/c1-11-10-13(19)6-7-14(11)16(20)18-9-8-12-4-2-3-5-15(12)17/h2-7,10,19H,8-9H2,1H3,(H,18,20). The van der Waals surface area contributed by atoms with Crippen molar-refractivity contribution in [3.05, 3.63) is 65.0 Å². The molecule has 2 N–H and O–H groups in total. The summed E-state index contributed by atoms with van der Waals surface area (Å²) in [4.78, 5) is 12.0. The van der Waals surface area contributed by atoms with Crippen LogP contribution in [-0.4, -0.2) is 17.6 Å². The lowest BCUT2D eigenvalue weighted by atomic mass is 10.1. The fourth-order valence-electron chi connectivity index (χ4n) is 2.01. The number of hydrogen-bond donors (Lipinski definition) is 2. The quantitative estimate of drug-likeness (QED) is 0.900. The van der Waals surface area contributed by atoms with Gasteiger partial charge < -0.3 is 10.4 Å². The minimum Gasteiger partial charge on any atom is -0.508 e. The molecule has 0 aliphatic carbocycles. The summed E-state index contributed by atoms with van der Waals surface area (Å²) in [7, 11) is 0. The van der Waals surface area contributed by atoms with Gasteiger partial charge in [-0.25, -0.2) is 4.39 Å². The van der Waals surface area contributed by atoms with Gasteiger partial charge in [0, 0.05) is 12.1 Å². The normalized spacial score (nSPS) is 10.3. The molecular formula is C16H16FNO2. The van der Waals surface area contributed by atoms with Crippen molar-refractivity contribution in [3.8, 4) is 5.75 Å². The molecule has 2 aromatic carbocycles. The Kier molecular flexibility index (Phi) is 4.35. The van der Waals surface area contributed by atoms with E-state index in [1.54, 1.807) is 31.2 Å². The van der Waals surface area contributed by atoms with Crippen LogP contribution in [0.15, 0.2) is 42.5 Å². The Morgan fingerprint density at radius 2 is 2.00 bits per heavy atom. The van der Waals surface area contributed by atoms with Gasteiger partial charge in [-0.1, -0.05) is 18.2 Å². The highest BCUT2D eigenvalue weighted by Gasteiger charge is 2.09. The molecule has 0 unspecified atom stereocenters. The van der Waals surface area contributed by atoms with Gasteiger partial charge in [-0.15, -0.1) is 0 Å². The van der Waals surface area contributed by atoms with Crippen molar-refractivity contribution in [1.82, 2.24) is 5.32 Å². The zero-order valence-electron chi connectivity index (χ0n) is 11.2. The van der Waals surface area contributed by atoms with Crippen LogP contribution in [0.1, 0.15) is 21.5 Å². The minimum absolute atomic E-state index is 0.130. The van der Waals surface area contributed by atoms with Gasteiger partial charge in [-0.05, 0) is 48.7 Å². The van der Waals surface area contributed by atoms with Crippen molar-refractivity contribution in [1.29, 1.82) is 0 Å². The van der Waals surface area contributed by atoms with Crippen LogP contribution in [0.3, 0.4) is 0 Å². The van der Waals surface area contributed by atoms with E-state index in [1.165, 1.54) is 18.2 Å². The molecule has 0 saturated heterocycles. The fourth-order valence-corrected chi connectivity index (χ4v) is 2.01. The second-order valence-electron chi connectivity index (χ2n) is 4.60. The number of carbonyl (C=O) groups excluding carboxylic acids is 1. The molecule has 0 bridgehead atoms. The van der Waals surface area contributed by atoms with E-state index in [1.807, 2.05) is 0 Å². The summed E-state index contributed by atoms with van der Waals surface area (Å²) in [6.07, 6.45) is 0.440. The predicted molar refractivity (Wildman–Crippen MR) is 75.3 cm³/mol. The zero-order valence-corrected chi connectivity index (χ0v) is 11.2. The number of hydrogen-bond acceptors (Lipinski definition) is 2. The Bertz CT molecular complexity index is 626. The molecule has 3 nitrogen and oxygen atoms in total. The van der Waals surface area contributed by atoms with Crippen LogP contribution >= 0.6 is 0 Å². The first-order chi connectivity index (χ1) is 9.58. The number of aromatic hydroxyl groups is 1. The number of phenols is 1. The molecule has 2 aromatic rings. The number of carbonyl (C=O) groups is 1. The van der Waals surface area contributed by atoms with E-state index in [2.05, 4.69) is 5.32 Å². The summed E-state index contributed by atoms with van der Waals surface area (Å²) in [5.41, 5.74) is 1.79. The highest BCUT2D eigenvalue weighted by atomic mass is 19.1. The largest absolute Gasteiger partial charge is 0.508 e. The third-order valence-corrected chi connectivity index (χ3v) is 3.09. The van der Waals surface area contributed by atoms with Crippen molar-refractivity contribution >= 4 is 5.91 Å². The van der Waals surface area contributed by atoms with E-state index in [4.69, 9.17) is 0 Å². The molecule has 0 radical (unpaired) electrons. The van der Waals surface area contributed by atoms with E-state index in [-0.39, 0.29) is 17.5 Å². The lowest BCUT2D eigenvalue weighted by Gasteiger charge is -2.08. The number of aryl methyl sites for hydroxylation is 1. The van der Waals surface area contributed by atoms with Gasteiger partial charge >= 0.3 is 0 Å². The van der Waals surface area contributed by atoms with E-state index in [9.17, 15) is 14.3 Å². The predicted octanol–water partition coefficient (Wildman–Crippen LogP) is 2.81. The van der Waals surface area contributed by atoms with Crippen LogP contribution in [-0.2, 0) is 6.42 Å². The van der Waals surface area contributed by atoms with Crippen molar-refractivity contribution in [2.45, 2.75) is 13.3 Å². The lowest BCUT2D eigenvalue weighted by molar-refractivity contribution is 0.0953.